The molecule has 56 valence electrons. The van der Waals surface area contributed by atoms with Crippen LogP contribution in [-0.2, 0) is 4.79 Å². The first kappa shape index (κ1) is 8.07. The highest BCUT2D eigenvalue weighted by molar-refractivity contribution is 9.10. The maximum Gasteiger partial charge on any atom is 0.244 e. The van der Waals surface area contributed by atoms with Gasteiger partial charge in [0.05, 0.1) is 0 Å². The summed E-state index contributed by atoms with van der Waals surface area (Å²) in [4.78, 5) is 24.5. The maximum atomic E-state index is 10.8. The molecule has 1 aromatic heterocycles. The molecular formula is C7H4BrNO2. The van der Waals surface area contributed by atoms with Crippen molar-refractivity contribution in [3.8, 4) is 0 Å². The summed E-state index contributed by atoms with van der Waals surface area (Å²) in [6, 6.07) is 3.33. The molecule has 0 unspecified atom stereocenters. The lowest BCUT2D eigenvalue weighted by molar-refractivity contribution is -0.104. The van der Waals surface area contributed by atoms with Gasteiger partial charge in [-0.1, -0.05) is 0 Å². The molecule has 0 N–H and O–H groups in total. The lowest BCUT2D eigenvalue weighted by atomic mass is 10.3. The third-order valence-corrected chi connectivity index (χ3v) is 1.74. The molecule has 3 nitrogen and oxygen atoms in total. The van der Waals surface area contributed by atoms with Crippen LogP contribution in [0.25, 0.3) is 0 Å². The highest BCUT2D eigenvalue weighted by atomic mass is 79.9. The van der Waals surface area contributed by atoms with Gasteiger partial charge in [0.25, 0.3) is 0 Å². The maximum absolute atomic E-state index is 10.8. The van der Waals surface area contributed by atoms with E-state index in [2.05, 4.69) is 20.9 Å². The molecule has 1 rings (SSSR count). The first-order valence-electron chi connectivity index (χ1n) is 2.85. The summed E-state index contributed by atoms with van der Waals surface area (Å²) in [6.45, 7) is 0. The SMILES string of the molecule is O=CC(=O)c1ncccc1Br. The van der Waals surface area contributed by atoms with Crippen LogP contribution >= 0.6 is 15.9 Å². The minimum atomic E-state index is -0.613. The van der Waals surface area contributed by atoms with Crippen LogP contribution < -0.4 is 0 Å². The van der Waals surface area contributed by atoms with Gasteiger partial charge in [-0.05, 0) is 28.1 Å². The van der Waals surface area contributed by atoms with Crippen molar-refractivity contribution in [2.24, 2.45) is 0 Å². The number of hydrogen-bond donors (Lipinski definition) is 0. The minimum absolute atomic E-state index is 0.155. The summed E-state index contributed by atoms with van der Waals surface area (Å²) in [5.74, 6) is -0.613. The van der Waals surface area contributed by atoms with Gasteiger partial charge in [0, 0.05) is 10.7 Å². The molecule has 0 saturated carbocycles. The lowest BCUT2D eigenvalue weighted by Crippen LogP contribution is -2.03. The van der Waals surface area contributed by atoms with Gasteiger partial charge in [0.1, 0.15) is 5.69 Å². The van der Waals surface area contributed by atoms with Crippen LogP contribution in [0.15, 0.2) is 22.8 Å². The van der Waals surface area contributed by atoms with E-state index >= 15 is 0 Å². The zero-order chi connectivity index (χ0) is 8.27. The van der Waals surface area contributed by atoms with Crippen LogP contribution in [0.3, 0.4) is 0 Å². The summed E-state index contributed by atoms with van der Waals surface area (Å²) in [7, 11) is 0. The molecule has 4 heteroatoms. The third kappa shape index (κ3) is 1.71. The highest BCUT2D eigenvalue weighted by Gasteiger charge is 2.08. The Balaban J connectivity index is 3.13. The van der Waals surface area contributed by atoms with E-state index in [-0.39, 0.29) is 12.0 Å². The number of hydrogen-bond acceptors (Lipinski definition) is 3. The van der Waals surface area contributed by atoms with E-state index in [0.29, 0.717) is 4.47 Å². The predicted molar refractivity (Wildman–Crippen MR) is 42.3 cm³/mol. The van der Waals surface area contributed by atoms with E-state index in [1.807, 2.05) is 0 Å². The van der Waals surface area contributed by atoms with E-state index in [1.54, 1.807) is 12.1 Å². The Morgan fingerprint density at radius 2 is 2.36 bits per heavy atom. The molecule has 0 radical (unpaired) electrons. The van der Waals surface area contributed by atoms with Crippen LogP contribution in [0.1, 0.15) is 10.5 Å². The minimum Gasteiger partial charge on any atom is -0.294 e. The lowest BCUT2D eigenvalue weighted by Gasteiger charge is -1.94. The third-order valence-electron chi connectivity index (χ3n) is 1.10. The molecule has 0 saturated heterocycles. The Morgan fingerprint density at radius 1 is 1.64 bits per heavy atom. The fraction of sp³-hybridized carbons (Fsp3) is 0. The Hall–Kier alpha value is -1.03. The zero-order valence-electron chi connectivity index (χ0n) is 5.45. The molecule has 0 atom stereocenters. The summed E-state index contributed by atoms with van der Waals surface area (Å²) in [5.41, 5.74) is 0.155. The van der Waals surface area contributed by atoms with Crippen LogP contribution in [0, 0.1) is 0 Å². The number of nitrogens with zero attached hydrogens (tertiary/aromatic N) is 1. The summed E-state index contributed by atoms with van der Waals surface area (Å²) in [6.07, 6.45) is 1.70. The number of rotatable bonds is 2. The Labute approximate surface area is 71.6 Å². The monoisotopic (exact) mass is 213 g/mol. The number of carbonyl (C=O) groups excluding carboxylic acids is 2. The second-order valence-corrected chi connectivity index (χ2v) is 2.67. The summed E-state index contributed by atoms with van der Waals surface area (Å²) < 4.78 is 0.539. The molecule has 0 aromatic carbocycles. The van der Waals surface area contributed by atoms with Crippen LogP contribution in [0.2, 0.25) is 0 Å². The number of pyridine rings is 1. The van der Waals surface area contributed by atoms with Crippen LogP contribution in [0.4, 0.5) is 0 Å². The van der Waals surface area contributed by atoms with Gasteiger partial charge in [-0.3, -0.25) is 14.6 Å². The first-order valence-corrected chi connectivity index (χ1v) is 3.65. The molecule has 0 aliphatic rings. The Morgan fingerprint density at radius 3 is 2.91 bits per heavy atom. The molecule has 0 aliphatic heterocycles. The van der Waals surface area contributed by atoms with Crippen molar-refractivity contribution in [1.82, 2.24) is 4.98 Å². The predicted octanol–water partition coefficient (Wildman–Crippen LogP) is 1.23. The molecular weight excluding hydrogens is 210 g/mol. The molecule has 0 amide bonds. The molecule has 0 spiro atoms. The van der Waals surface area contributed by atoms with Crippen molar-refractivity contribution in [1.29, 1.82) is 0 Å². The zero-order valence-corrected chi connectivity index (χ0v) is 7.04. The number of halogens is 1. The average Bonchev–Trinajstić information content (AvgIpc) is 2.04. The fourth-order valence-electron chi connectivity index (χ4n) is 0.623. The molecule has 0 aliphatic carbocycles. The van der Waals surface area contributed by atoms with E-state index in [1.165, 1.54) is 6.20 Å². The van der Waals surface area contributed by atoms with E-state index in [9.17, 15) is 9.59 Å². The molecule has 11 heavy (non-hydrogen) atoms. The average molecular weight is 214 g/mol. The largest absolute Gasteiger partial charge is 0.294 e. The number of aromatic nitrogens is 1. The van der Waals surface area contributed by atoms with Crippen molar-refractivity contribution < 1.29 is 9.59 Å². The Bertz CT molecular complexity index is 298. The van der Waals surface area contributed by atoms with Crippen molar-refractivity contribution in [3.63, 3.8) is 0 Å². The molecule has 0 fully saturated rings. The van der Waals surface area contributed by atoms with Gasteiger partial charge in [0.2, 0.25) is 5.78 Å². The highest BCUT2D eigenvalue weighted by Crippen LogP contribution is 2.12. The van der Waals surface area contributed by atoms with Crippen LogP contribution in [-0.4, -0.2) is 17.1 Å². The van der Waals surface area contributed by atoms with Crippen molar-refractivity contribution in [2.45, 2.75) is 0 Å². The fourth-order valence-corrected chi connectivity index (χ4v) is 1.07. The van der Waals surface area contributed by atoms with Gasteiger partial charge in [-0.25, -0.2) is 0 Å². The number of carbonyl (C=O) groups is 2. The van der Waals surface area contributed by atoms with Crippen molar-refractivity contribution in [2.75, 3.05) is 0 Å². The quantitative estimate of drug-likeness (QED) is 0.422. The smallest absolute Gasteiger partial charge is 0.244 e. The molecule has 1 aromatic rings. The van der Waals surface area contributed by atoms with E-state index in [0.717, 1.165) is 0 Å². The van der Waals surface area contributed by atoms with Gasteiger partial charge < -0.3 is 0 Å². The topological polar surface area (TPSA) is 47.0 Å². The van der Waals surface area contributed by atoms with E-state index in [4.69, 9.17) is 0 Å². The summed E-state index contributed by atoms with van der Waals surface area (Å²) in [5, 5.41) is 0. The van der Waals surface area contributed by atoms with Crippen LogP contribution in [0.5, 0.6) is 0 Å². The van der Waals surface area contributed by atoms with E-state index < -0.39 is 5.78 Å². The van der Waals surface area contributed by atoms with Gasteiger partial charge in [-0.15, -0.1) is 0 Å². The molecule has 0 bridgehead atoms. The second kappa shape index (κ2) is 3.39. The standard InChI is InChI=1S/C7H4BrNO2/c8-5-2-1-3-9-7(5)6(11)4-10/h1-4H. The summed E-state index contributed by atoms with van der Waals surface area (Å²) >= 11 is 3.10. The number of aldehydes is 1. The van der Waals surface area contributed by atoms with Gasteiger partial charge in [0.15, 0.2) is 6.29 Å². The number of Topliss-reactive ketones (excluding diaryl/α,β-unsaturated/α-hetero) is 1. The van der Waals surface area contributed by atoms with Gasteiger partial charge in [-0.2, -0.15) is 0 Å². The van der Waals surface area contributed by atoms with Gasteiger partial charge >= 0.3 is 0 Å². The first-order chi connectivity index (χ1) is 5.25. The van der Waals surface area contributed by atoms with Crippen molar-refractivity contribution in [3.05, 3.63) is 28.5 Å². The molecule has 1 heterocycles. The van der Waals surface area contributed by atoms with Crippen molar-refractivity contribution >= 4 is 28.0 Å². The second-order valence-electron chi connectivity index (χ2n) is 1.82. The Kier molecular flexibility index (Phi) is 2.48. The number of ketones is 1. The normalized spacial score (nSPS) is 9.18.